The van der Waals surface area contributed by atoms with Crippen molar-refractivity contribution < 1.29 is 62.8 Å². The number of amidine groups is 1. The van der Waals surface area contributed by atoms with Gasteiger partial charge in [0.2, 0.25) is 5.91 Å². The molecule has 4 heterocycles. The second kappa shape index (κ2) is 18.6. The highest BCUT2D eigenvalue weighted by Gasteiger charge is 2.55. The highest BCUT2D eigenvalue weighted by Crippen LogP contribution is 2.42. The van der Waals surface area contributed by atoms with E-state index in [-0.39, 0.29) is 43.4 Å². The van der Waals surface area contributed by atoms with Gasteiger partial charge in [0.15, 0.2) is 18.7 Å². The van der Waals surface area contributed by atoms with Crippen LogP contribution in [0.3, 0.4) is 0 Å². The largest absolute Gasteiger partial charge is 0.459 e. The summed E-state index contributed by atoms with van der Waals surface area (Å²) in [5, 5.41) is 37.0. The zero-order valence-corrected chi connectivity index (χ0v) is 36.9. The predicted molar refractivity (Wildman–Crippen MR) is 210 cm³/mol. The SMILES string of the molecule is CC[C@H]1OC(=O)[C@H](C)[C@@H](O[C@H]2C[C@@](C)(OC)[C@@H](O)[C@H](C)O2)[C@H](C)[C@@H](O[C@H]2O[C@H](C)C[C@H]3[C@H]2OC(=NC(C)C)N3C)[C@](C)(OC)C[C@@H](C)C(=O)N[C@H](C)[C@@H](O)[C@]1(C)O. The Hall–Kier alpha value is -2.15. The molecule has 0 aliphatic carbocycles. The van der Waals surface area contributed by atoms with Crippen molar-refractivity contribution in [1.29, 1.82) is 0 Å². The minimum absolute atomic E-state index is 0.0154. The average Bonchev–Trinajstić information content (AvgIpc) is 3.45. The number of esters is 1. The van der Waals surface area contributed by atoms with Crippen LogP contribution in [0.5, 0.6) is 0 Å². The van der Waals surface area contributed by atoms with Crippen LogP contribution in [0.25, 0.3) is 0 Å². The Labute approximate surface area is 339 Å². The van der Waals surface area contributed by atoms with Crippen molar-refractivity contribution in [3.63, 3.8) is 0 Å². The Morgan fingerprint density at radius 2 is 1.56 bits per heavy atom. The van der Waals surface area contributed by atoms with E-state index in [1.165, 1.54) is 14.0 Å². The number of methoxy groups -OCH3 is 2. The van der Waals surface area contributed by atoms with E-state index in [1.54, 1.807) is 48.7 Å². The molecule has 0 aromatic heterocycles. The molecule has 1 amide bonds. The maximum absolute atomic E-state index is 14.4. The van der Waals surface area contributed by atoms with Gasteiger partial charge in [0, 0.05) is 45.6 Å². The molecule has 0 aromatic carbocycles. The summed E-state index contributed by atoms with van der Waals surface area (Å²) in [5.74, 6) is -3.47. The lowest BCUT2D eigenvalue weighted by atomic mass is 9.77. The second-order valence-corrected chi connectivity index (χ2v) is 18.0. The smallest absolute Gasteiger partial charge is 0.311 e. The molecule has 4 fully saturated rings. The monoisotopic (exact) mass is 816 g/mol. The van der Waals surface area contributed by atoms with Gasteiger partial charge in [-0.3, -0.25) is 9.59 Å². The van der Waals surface area contributed by atoms with Crippen molar-refractivity contribution in [2.75, 3.05) is 21.3 Å². The summed E-state index contributed by atoms with van der Waals surface area (Å²) >= 11 is 0. The molecule has 16 nitrogen and oxygen atoms in total. The zero-order valence-electron chi connectivity index (χ0n) is 36.9. The first-order chi connectivity index (χ1) is 26.4. The highest BCUT2D eigenvalue weighted by atomic mass is 16.7. The van der Waals surface area contributed by atoms with Crippen LogP contribution in [-0.4, -0.2) is 156 Å². The number of rotatable bonds is 8. The topological polar surface area (TPSA) is 196 Å². The average molecular weight is 816 g/mol. The molecule has 18 atom stereocenters. The van der Waals surface area contributed by atoms with Gasteiger partial charge in [-0.05, 0) is 81.6 Å². The van der Waals surface area contributed by atoms with Gasteiger partial charge >= 0.3 is 5.97 Å². The summed E-state index contributed by atoms with van der Waals surface area (Å²) < 4.78 is 51.3. The van der Waals surface area contributed by atoms with Crippen LogP contribution in [0.1, 0.15) is 109 Å². The molecular formula is C41H73N3O13. The van der Waals surface area contributed by atoms with E-state index in [4.69, 9.17) is 42.9 Å². The van der Waals surface area contributed by atoms with E-state index in [1.807, 2.05) is 46.6 Å². The standard InChI is InChI=1S/C41H73N3O13/c1-16-28-41(12,49)32(45)25(8)43-35(47)21(4)18-40(11,51-15)34(57-37-31-27(17-22(5)52-37)44(13)38(56-31)42-20(2)3)23(6)30(24(7)36(48)54-28)55-29-19-39(10,50-14)33(46)26(9)53-29/h20-34,37,45-46,49H,16-19H2,1-15H3,(H,43,47)/t21-,22-,23+,24-,25-,26+,27+,28-,29+,30+,31-,32-,33+,34-,37-,39-,40-,41-/m1/s1. The Morgan fingerprint density at radius 3 is 2.14 bits per heavy atom. The molecule has 4 N–H and O–H groups in total. The number of carbonyl (C=O) groups excluding carboxylic acids is 2. The summed E-state index contributed by atoms with van der Waals surface area (Å²) in [6.45, 7) is 21.3. The predicted octanol–water partition coefficient (Wildman–Crippen LogP) is 2.91. The lowest BCUT2D eigenvalue weighted by Gasteiger charge is -2.49. The number of hydrogen-bond donors (Lipinski definition) is 4. The first kappa shape index (κ1) is 47.5. The van der Waals surface area contributed by atoms with Crippen LogP contribution in [0.4, 0.5) is 0 Å². The van der Waals surface area contributed by atoms with Crippen molar-refractivity contribution in [3.8, 4) is 0 Å². The molecule has 4 saturated heterocycles. The first-order valence-corrected chi connectivity index (χ1v) is 20.7. The van der Waals surface area contributed by atoms with Gasteiger partial charge in [-0.25, -0.2) is 4.99 Å². The van der Waals surface area contributed by atoms with E-state index >= 15 is 0 Å². The number of carbonyl (C=O) groups is 2. The number of aliphatic hydroxyl groups excluding tert-OH is 2. The number of nitrogens with zero attached hydrogens (tertiary/aromatic N) is 2. The van der Waals surface area contributed by atoms with Gasteiger partial charge in [-0.15, -0.1) is 0 Å². The molecular weight excluding hydrogens is 742 g/mol. The fourth-order valence-corrected chi connectivity index (χ4v) is 9.09. The molecule has 0 radical (unpaired) electrons. The lowest BCUT2D eigenvalue weighted by Crippen LogP contribution is -2.60. The number of cyclic esters (lactones) is 1. The Kier molecular flexibility index (Phi) is 15.5. The maximum atomic E-state index is 14.4. The fraction of sp³-hybridized carbons (Fsp3) is 0.927. The summed E-state index contributed by atoms with van der Waals surface area (Å²) in [4.78, 5) is 35.0. The summed E-state index contributed by atoms with van der Waals surface area (Å²) in [5.41, 5.74) is -4.20. The van der Waals surface area contributed by atoms with Crippen LogP contribution in [0, 0.1) is 17.8 Å². The van der Waals surface area contributed by atoms with Crippen LogP contribution in [0.2, 0.25) is 0 Å². The third-order valence-electron chi connectivity index (χ3n) is 12.9. The highest BCUT2D eigenvalue weighted by molar-refractivity contribution is 5.79. The van der Waals surface area contributed by atoms with Crippen molar-refractivity contribution in [2.24, 2.45) is 22.7 Å². The molecule has 0 bridgehead atoms. The quantitative estimate of drug-likeness (QED) is 0.261. The summed E-state index contributed by atoms with van der Waals surface area (Å²) in [7, 11) is 5.00. The number of fused-ring (bicyclic) bond motifs is 1. The molecule has 57 heavy (non-hydrogen) atoms. The molecule has 4 aliphatic rings. The Balaban J connectivity index is 1.87. The Morgan fingerprint density at radius 1 is 0.930 bits per heavy atom. The molecule has 0 unspecified atom stereocenters. The second-order valence-electron chi connectivity index (χ2n) is 18.0. The number of nitrogens with one attached hydrogen (secondary N) is 1. The minimum Gasteiger partial charge on any atom is -0.459 e. The van der Waals surface area contributed by atoms with Crippen molar-refractivity contribution >= 4 is 17.9 Å². The molecule has 16 heteroatoms. The van der Waals surface area contributed by atoms with Crippen LogP contribution < -0.4 is 5.32 Å². The molecule has 0 spiro atoms. The number of amides is 1. The normalized spacial score (nSPS) is 47.5. The maximum Gasteiger partial charge on any atom is 0.311 e. The van der Waals surface area contributed by atoms with E-state index in [2.05, 4.69) is 5.32 Å². The first-order valence-electron chi connectivity index (χ1n) is 20.7. The van der Waals surface area contributed by atoms with Crippen molar-refractivity contribution in [1.82, 2.24) is 10.2 Å². The van der Waals surface area contributed by atoms with Gasteiger partial charge < -0.3 is 63.4 Å². The number of likely N-dealkylation sites (N-methyl/N-ethyl adjacent to an activating group) is 1. The van der Waals surface area contributed by atoms with Gasteiger partial charge in [0.05, 0.1) is 53.6 Å². The third-order valence-corrected chi connectivity index (χ3v) is 12.9. The summed E-state index contributed by atoms with van der Waals surface area (Å²) in [6, 6.07) is -0.554. The van der Waals surface area contributed by atoms with E-state index in [0.29, 0.717) is 12.4 Å². The van der Waals surface area contributed by atoms with Gasteiger partial charge in [-0.2, -0.15) is 0 Å². The number of ether oxygens (including phenoxy) is 8. The van der Waals surface area contributed by atoms with Gasteiger partial charge in [0.25, 0.3) is 6.02 Å². The minimum atomic E-state index is -1.94. The number of aliphatic imine (C=N–C) groups is 1. The van der Waals surface area contributed by atoms with Gasteiger partial charge in [-0.1, -0.05) is 20.8 Å². The van der Waals surface area contributed by atoms with Gasteiger partial charge in [0.1, 0.15) is 23.9 Å². The fourth-order valence-electron chi connectivity index (χ4n) is 9.09. The van der Waals surface area contributed by atoms with Crippen LogP contribution in [0.15, 0.2) is 4.99 Å². The van der Waals surface area contributed by atoms with Crippen molar-refractivity contribution in [2.45, 2.75) is 205 Å². The molecule has 0 saturated carbocycles. The number of hydrogen-bond acceptors (Lipinski definition) is 14. The van der Waals surface area contributed by atoms with Crippen LogP contribution in [-0.2, 0) is 47.5 Å². The summed E-state index contributed by atoms with van der Waals surface area (Å²) in [6.07, 6.45) is -7.78. The Bertz CT molecular complexity index is 1400. The molecule has 330 valence electrons. The molecule has 0 aromatic rings. The van der Waals surface area contributed by atoms with E-state index in [9.17, 15) is 24.9 Å². The number of aliphatic hydroxyl groups is 3. The lowest BCUT2D eigenvalue weighted by molar-refractivity contribution is -0.315. The molecule has 4 aliphatic heterocycles. The third kappa shape index (κ3) is 10.1. The van der Waals surface area contributed by atoms with E-state index in [0.717, 1.165) is 0 Å². The van der Waals surface area contributed by atoms with E-state index < -0.39 is 102 Å². The van der Waals surface area contributed by atoms with Crippen molar-refractivity contribution in [3.05, 3.63) is 0 Å². The van der Waals surface area contributed by atoms with Crippen LogP contribution >= 0.6 is 0 Å². The molecule has 4 rings (SSSR count). The zero-order chi connectivity index (χ0) is 42.9.